The van der Waals surface area contributed by atoms with Crippen LogP contribution in [0.2, 0.25) is 5.02 Å². The Balaban J connectivity index is 1.23. The molecule has 4 N–H and O–H groups in total. The molecule has 11 heteroatoms. The summed E-state index contributed by atoms with van der Waals surface area (Å²) >= 11 is 6.34. The van der Waals surface area contributed by atoms with Crippen LogP contribution in [0.15, 0.2) is 67.0 Å². The van der Waals surface area contributed by atoms with Crippen molar-refractivity contribution in [1.29, 1.82) is 0 Å². The van der Waals surface area contributed by atoms with Crippen LogP contribution in [0.1, 0.15) is 42.5 Å². The predicted octanol–water partition coefficient (Wildman–Crippen LogP) is 5.29. The van der Waals surface area contributed by atoms with Crippen LogP contribution in [0.5, 0.6) is 0 Å². The van der Waals surface area contributed by atoms with E-state index in [1.807, 2.05) is 42.6 Å². The van der Waals surface area contributed by atoms with E-state index in [2.05, 4.69) is 36.3 Å². The van der Waals surface area contributed by atoms with Crippen LogP contribution in [-0.4, -0.2) is 44.7 Å². The minimum Gasteiger partial charge on any atom is -0.355 e. The van der Waals surface area contributed by atoms with Crippen molar-refractivity contribution in [1.82, 2.24) is 30.4 Å². The van der Waals surface area contributed by atoms with Gasteiger partial charge in [0.15, 0.2) is 5.82 Å². The second-order valence-electron chi connectivity index (χ2n) is 9.64. The van der Waals surface area contributed by atoms with Gasteiger partial charge < -0.3 is 21.3 Å². The Morgan fingerprint density at radius 3 is 2.60 bits per heavy atom. The fourth-order valence-electron chi connectivity index (χ4n) is 4.65. The van der Waals surface area contributed by atoms with E-state index in [0.29, 0.717) is 47.0 Å². The maximum Gasteiger partial charge on any atom is 0.251 e. The van der Waals surface area contributed by atoms with Crippen molar-refractivity contribution < 1.29 is 9.59 Å². The number of halogens is 1. The van der Waals surface area contributed by atoms with E-state index in [0.717, 1.165) is 29.8 Å². The van der Waals surface area contributed by atoms with Gasteiger partial charge in [0.05, 0.1) is 11.9 Å². The summed E-state index contributed by atoms with van der Waals surface area (Å²) in [5.41, 5.74) is 3.68. The normalized spacial score (nSPS) is 13.2. The molecule has 1 aliphatic rings. The average Bonchev–Trinajstić information content (AvgIpc) is 3.66. The molecule has 0 radical (unpaired) electrons. The fraction of sp³-hybridized carbons (Fsp3) is 0.276. The topological polar surface area (TPSA) is 126 Å². The van der Waals surface area contributed by atoms with E-state index in [4.69, 9.17) is 11.6 Å². The lowest BCUT2D eigenvalue weighted by Crippen LogP contribution is -2.33. The SMILES string of the molecule is CNC(=O)c1cccc(Nc2nc(Nc3cccc(-c4ccn(CCC(=O)NC5CCCC5)n4)c3)ncc2Cl)c1. The molecule has 0 saturated heterocycles. The molecule has 10 nitrogen and oxygen atoms in total. The molecule has 4 aromatic rings. The van der Waals surface area contributed by atoms with Crippen LogP contribution in [0.25, 0.3) is 11.3 Å². The number of hydrogen-bond donors (Lipinski definition) is 4. The van der Waals surface area contributed by atoms with Crippen LogP contribution < -0.4 is 21.3 Å². The first-order chi connectivity index (χ1) is 19.5. The molecule has 5 rings (SSSR count). The van der Waals surface area contributed by atoms with E-state index in [1.54, 1.807) is 29.9 Å². The molecule has 206 valence electrons. The highest BCUT2D eigenvalue weighted by molar-refractivity contribution is 6.32. The Labute approximate surface area is 237 Å². The van der Waals surface area contributed by atoms with Gasteiger partial charge in [-0.2, -0.15) is 10.1 Å². The first-order valence-electron chi connectivity index (χ1n) is 13.3. The van der Waals surface area contributed by atoms with Gasteiger partial charge in [-0.25, -0.2) is 4.98 Å². The van der Waals surface area contributed by atoms with Crippen LogP contribution in [0.4, 0.5) is 23.1 Å². The number of nitrogens with one attached hydrogen (secondary N) is 4. The minimum absolute atomic E-state index is 0.0751. The molecular formula is C29H31ClN8O2. The summed E-state index contributed by atoms with van der Waals surface area (Å²) in [6.45, 7) is 0.525. The van der Waals surface area contributed by atoms with Gasteiger partial charge in [-0.3, -0.25) is 14.3 Å². The Hall–Kier alpha value is -4.44. The van der Waals surface area contributed by atoms with Crippen molar-refractivity contribution in [2.24, 2.45) is 0 Å². The van der Waals surface area contributed by atoms with Crippen LogP contribution >= 0.6 is 11.6 Å². The molecule has 2 aromatic carbocycles. The highest BCUT2D eigenvalue weighted by atomic mass is 35.5. The number of hydrogen-bond acceptors (Lipinski definition) is 7. The van der Waals surface area contributed by atoms with E-state index in [9.17, 15) is 9.59 Å². The third-order valence-electron chi connectivity index (χ3n) is 6.70. The van der Waals surface area contributed by atoms with E-state index < -0.39 is 0 Å². The lowest BCUT2D eigenvalue weighted by atomic mass is 10.1. The van der Waals surface area contributed by atoms with Gasteiger partial charge >= 0.3 is 0 Å². The van der Waals surface area contributed by atoms with Crippen LogP contribution in [0, 0.1) is 0 Å². The highest BCUT2D eigenvalue weighted by Gasteiger charge is 2.17. The summed E-state index contributed by atoms with van der Waals surface area (Å²) in [6, 6.07) is 17.1. The minimum atomic E-state index is -0.186. The van der Waals surface area contributed by atoms with Crippen molar-refractivity contribution in [2.75, 3.05) is 17.7 Å². The first-order valence-corrected chi connectivity index (χ1v) is 13.7. The zero-order chi connectivity index (χ0) is 27.9. The Morgan fingerprint density at radius 2 is 1.80 bits per heavy atom. The zero-order valence-corrected chi connectivity index (χ0v) is 22.9. The summed E-state index contributed by atoms with van der Waals surface area (Å²) in [5, 5.41) is 17.1. The molecule has 40 heavy (non-hydrogen) atoms. The first kappa shape index (κ1) is 27.1. The average molecular weight is 559 g/mol. The third kappa shape index (κ3) is 6.95. The zero-order valence-electron chi connectivity index (χ0n) is 22.2. The maximum absolute atomic E-state index is 12.3. The van der Waals surface area contributed by atoms with Crippen molar-refractivity contribution in [3.63, 3.8) is 0 Å². The van der Waals surface area contributed by atoms with Crippen molar-refractivity contribution in [2.45, 2.75) is 44.7 Å². The molecule has 0 bridgehead atoms. The Morgan fingerprint density at radius 1 is 1.02 bits per heavy atom. The molecule has 1 fully saturated rings. The van der Waals surface area contributed by atoms with Gasteiger partial charge in [0.1, 0.15) is 5.02 Å². The standard InChI is InChI=1S/C29H31ClN8O2/c1-31-28(40)20-7-5-10-22(17-20)34-27-24(30)18-32-29(36-27)35-23-11-4-6-19(16-23)25-12-14-38(37-25)15-13-26(39)33-21-8-2-3-9-21/h4-7,10-12,14,16-18,21H,2-3,8-9,13,15H2,1H3,(H,31,40)(H,33,39)(H2,32,34,35,36). The number of aryl methyl sites for hydroxylation is 1. The summed E-state index contributed by atoms with van der Waals surface area (Å²) in [5.74, 6) is 0.644. The van der Waals surface area contributed by atoms with Gasteiger partial charge in [0.2, 0.25) is 11.9 Å². The number of amides is 2. The number of carbonyl (C=O) groups excluding carboxylic acids is 2. The molecule has 2 amide bonds. The smallest absolute Gasteiger partial charge is 0.251 e. The monoisotopic (exact) mass is 558 g/mol. The van der Waals surface area contributed by atoms with E-state index >= 15 is 0 Å². The molecule has 2 aromatic heterocycles. The number of benzene rings is 2. The van der Waals surface area contributed by atoms with Crippen LogP contribution in [0.3, 0.4) is 0 Å². The van der Waals surface area contributed by atoms with Crippen LogP contribution in [-0.2, 0) is 11.3 Å². The number of aromatic nitrogens is 4. The van der Waals surface area contributed by atoms with Gasteiger partial charge in [0, 0.05) is 54.8 Å². The molecule has 2 heterocycles. The molecule has 0 unspecified atom stereocenters. The number of carbonyl (C=O) groups is 2. The highest BCUT2D eigenvalue weighted by Crippen LogP contribution is 2.27. The number of anilines is 4. The molecular weight excluding hydrogens is 528 g/mol. The second-order valence-corrected chi connectivity index (χ2v) is 10.1. The second kappa shape index (κ2) is 12.6. The van der Waals surface area contributed by atoms with Crippen molar-refractivity contribution in [3.8, 4) is 11.3 Å². The largest absolute Gasteiger partial charge is 0.355 e. The van der Waals surface area contributed by atoms with Gasteiger partial charge in [-0.15, -0.1) is 0 Å². The molecule has 0 aliphatic heterocycles. The van der Waals surface area contributed by atoms with Crippen molar-refractivity contribution in [3.05, 3.63) is 77.6 Å². The molecule has 0 atom stereocenters. The number of nitrogens with zero attached hydrogens (tertiary/aromatic N) is 4. The molecule has 1 aliphatic carbocycles. The fourth-order valence-corrected chi connectivity index (χ4v) is 4.78. The summed E-state index contributed by atoms with van der Waals surface area (Å²) in [7, 11) is 1.58. The van der Waals surface area contributed by atoms with Gasteiger partial charge in [0.25, 0.3) is 5.91 Å². The summed E-state index contributed by atoms with van der Waals surface area (Å²) < 4.78 is 1.79. The molecule has 0 spiro atoms. The van der Waals surface area contributed by atoms with E-state index in [1.165, 1.54) is 19.0 Å². The summed E-state index contributed by atoms with van der Waals surface area (Å²) in [6.07, 6.45) is 8.34. The predicted molar refractivity (Wildman–Crippen MR) is 156 cm³/mol. The summed E-state index contributed by atoms with van der Waals surface area (Å²) in [4.78, 5) is 33.1. The van der Waals surface area contributed by atoms with E-state index in [-0.39, 0.29) is 11.8 Å². The lowest BCUT2D eigenvalue weighted by Gasteiger charge is -2.12. The maximum atomic E-state index is 12.3. The quantitative estimate of drug-likeness (QED) is 0.208. The lowest BCUT2D eigenvalue weighted by molar-refractivity contribution is -0.122. The van der Waals surface area contributed by atoms with Crippen molar-refractivity contribution >= 4 is 46.6 Å². The van der Waals surface area contributed by atoms with Gasteiger partial charge in [-0.1, -0.05) is 42.6 Å². The Bertz CT molecular complexity index is 1500. The third-order valence-corrected chi connectivity index (χ3v) is 6.98. The Kier molecular flexibility index (Phi) is 8.56. The van der Waals surface area contributed by atoms with Gasteiger partial charge in [-0.05, 0) is 49.2 Å². The molecule has 1 saturated carbocycles. The number of rotatable bonds is 10.